The Hall–Kier alpha value is -1.79. The van der Waals surface area contributed by atoms with Gasteiger partial charge < -0.3 is 0 Å². The van der Waals surface area contributed by atoms with Crippen molar-refractivity contribution in [2.24, 2.45) is 4.99 Å². The number of amidine groups is 1. The quantitative estimate of drug-likeness (QED) is 0.774. The van der Waals surface area contributed by atoms with Gasteiger partial charge in [0.1, 0.15) is 0 Å². The molecule has 0 amide bonds. The maximum atomic E-state index is 13.4. The van der Waals surface area contributed by atoms with E-state index in [1.54, 1.807) is 12.1 Å². The first-order chi connectivity index (χ1) is 12.4. The Labute approximate surface area is 160 Å². The molecule has 0 spiro atoms. The van der Waals surface area contributed by atoms with Gasteiger partial charge in [0.05, 0.1) is 10.9 Å². The third-order valence-electron chi connectivity index (χ3n) is 4.19. The van der Waals surface area contributed by atoms with E-state index in [0.717, 1.165) is 11.1 Å². The van der Waals surface area contributed by atoms with E-state index in [-0.39, 0.29) is 12.1 Å². The van der Waals surface area contributed by atoms with Crippen LogP contribution >= 0.6 is 11.8 Å². The molecule has 138 valence electrons. The molecule has 1 atom stereocenters. The summed E-state index contributed by atoms with van der Waals surface area (Å²) in [5.41, 5.74) is 2.17. The zero-order valence-electron chi connectivity index (χ0n) is 15.3. The van der Waals surface area contributed by atoms with Crippen molar-refractivity contribution in [2.75, 3.05) is 5.75 Å². The van der Waals surface area contributed by atoms with E-state index < -0.39 is 10.0 Å². The van der Waals surface area contributed by atoms with Gasteiger partial charge in [-0.1, -0.05) is 59.8 Å². The minimum Gasteiger partial charge on any atom is -0.259 e. The summed E-state index contributed by atoms with van der Waals surface area (Å²) < 4.78 is 28.3. The molecule has 1 saturated heterocycles. The smallest absolute Gasteiger partial charge is 0.259 e. The maximum absolute atomic E-state index is 13.4. The first-order valence-corrected chi connectivity index (χ1v) is 11.2. The molecule has 0 radical (unpaired) electrons. The summed E-state index contributed by atoms with van der Waals surface area (Å²) in [5.74, 6) is 0.714. The lowest BCUT2D eigenvalue weighted by Gasteiger charge is -2.26. The van der Waals surface area contributed by atoms with Crippen LogP contribution in [0.4, 0.5) is 0 Å². The summed E-state index contributed by atoms with van der Waals surface area (Å²) in [6.07, 6.45) is 0.677. The predicted octanol–water partition coefficient (Wildman–Crippen LogP) is 4.11. The minimum atomic E-state index is -3.64. The molecule has 2 aromatic rings. The molecule has 6 heteroatoms. The fourth-order valence-electron chi connectivity index (χ4n) is 2.92. The summed E-state index contributed by atoms with van der Waals surface area (Å²) in [4.78, 5) is 4.90. The van der Waals surface area contributed by atoms with Gasteiger partial charge in [0.25, 0.3) is 10.0 Å². The molecule has 1 fully saturated rings. The largest absolute Gasteiger partial charge is 0.266 e. The number of sulfonamides is 1. The van der Waals surface area contributed by atoms with E-state index in [2.05, 4.69) is 4.99 Å². The van der Waals surface area contributed by atoms with E-state index in [1.807, 2.05) is 63.2 Å². The van der Waals surface area contributed by atoms with E-state index in [4.69, 9.17) is 0 Å². The molecular weight excluding hydrogens is 364 g/mol. The highest BCUT2D eigenvalue weighted by atomic mass is 32.2. The number of nitrogens with zero attached hydrogens (tertiary/aromatic N) is 2. The third-order valence-corrected chi connectivity index (χ3v) is 7.27. The van der Waals surface area contributed by atoms with Crippen LogP contribution in [0.3, 0.4) is 0 Å². The van der Waals surface area contributed by atoms with Crippen molar-refractivity contribution in [3.05, 3.63) is 65.7 Å². The molecule has 0 N–H and O–H groups in total. The highest BCUT2D eigenvalue weighted by Gasteiger charge is 2.39. The number of benzene rings is 2. The van der Waals surface area contributed by atoms with Crippen LogP contribution in [0.1, 0.15) is 25.0 Å². The fraction of sp³-hybridized carbons (Fsp3) is 0.350. The van der Waals surface area contributed by atoms with Crippen molar-refractivity contribution in [1.29, 1.82) is 0 Å². The number of aryl methyl sites for hydroxylation is 1. The molecule has 4 nitrogen and oxygen atoms in total. The van der Waals surface area contributed by atoms with Crippen LogP contribution in [0.2, 0.25) is 0 Å². The molecule has 26 heavy (non-hydrogen) atoms. The van der Waals surface area contributed by atoms with E-state index in [9.17, 15) is 8.42 Å². The predicted molar refractivity (Wildman–Crippen MR) is 109 cm³/mol. The summed E-state index contributed by atoms with van der Waals surface area (Å²) in [6.45, 7) is 5.88. The molecule has 1 heterocycles. The highest BCUT2D eigenvalue weighted by molar-refractivity contribution is 8.15. The van der Waals surface area contributed by atoms with Gasteiger partial charge in [-0.05, 0) is 44.9 Å². The second kappa shape index (κ2) is 7.84. The molecule has 3 rings (SSSR count). The van der Waals surface area contributed by atoms with Crippen LogP contribution in [-0.4, -0.2) is 35.7 Å². The van der Waals surface area contributed by atoms with Crippen molar-refractivity contribution in [1.82, 2.24) is 4.31 Å². The van der Waals surface area contributed by atoms with Crippen molar-refractivity contribution >= 4 is 27.0 Å². The molecule has 0 saturated carbocycles. The second-order valence-electron chi connectivity index (χ2n) is 6.77. The van der Waals surface area contributed by atoms with E-state index >= 15 is 0 Å². The zero-order valence-corrected chi connectivity index (χ0v) is 16.9. The number of thioether (sulfide) groups is 1. The lowest BCUT2D eigenvalue weighted by Crippen LogP contribution is -2.40. The Bertz CT molecular complexity index is 876. The average Bonchev–Trinajstić information content (AvgIpc) is 2.98. The van der Waals surface area contributed by atoms with Crippen LogP contribution in [-0.2, 0) is 16.4 Å². The van der Waals surface area contributed by atoms with Crippen LogP contribution in [0.25, 0.3) is 0 Å². The first-order valence-electron chi connectivity index (χ1n) is 8.73. The highest BCUT2D eigenvalue weighted by Crippen LogP contribution is 2.33. The summed E-state index contributed by atoms with van der Waals surface area (Å²) >= 11 is 1.53. The Kier molecular flexibility index (Phi) is 5.73. The SMILES string of the molecule is Cc1ccc(S(=O)(=O)N2C(=NC(C)C)SCC2Cc2ccccc2)cc1. The van der Waals surface area contributed by atoms with Gasteiger partial charge in [0.15, 0.2) is 5.17 Å². The van der Waals surface area contributed by atoms with Gasteiger partial charge in [0, 0.05) is 11.8 Å². The van der Waals surface area contributed by atoms with Crippen molar-refractivity contribution < 1.29 is 8.42 Å². The Morgan fingerprint density at radius 3 is 2.38 bits per heavy atom. The van der Waals surface area contributed by atoms with E-state index in [0.29, 0.717) is 22.2 Å². The number of rotatable bonds is 5. The van der Waals surface area contributed by atoms with Crippen LogP contribution in [0.15, 0.2) is 64.5 Å². The minimum absolute atomic E-state index is 0.0451. The topological polar surface area (TPSA) is 49.7 Å². The molecule has 0 aromatic heterocycles. The fourth-order valence-corrected chi connectivity index (χ4v) is 6.14. The standard InChI is InChI=1S/C20H24N2O2S2/c1-15(2)21-20-22(26(23,24)19-11-9-16(3)10-12-19)18(14-25-20)13-17-7-5-4-6-8-17/h4-12,15,18H,13-14H2,1-3H3. The third kappa shape index (κ3) is 4.13. The molecule has 0 bridgehead atoms. The zero-order chi connectivity index (χ0) is 18.7. The van der Waals surface area contributed by atoms with Gasteiger partial charge in [-0.15, -0.1) is 0 Å². The average molecular weight is 389 g/mol. The number of hydrogen-bond acceptors (Lipinski definition) is 4. The van der Waals surface area contributed by atoms with Crippen molar-refractivity contribution in [3.63, 3.8) is 0 Å². The number of hydrogen-bond donors (Lipinski definition) is 0. The summed E-state index contributed by atoms with van der Waals surface area (Å²) in [5, 5.41) is 0.599. The van der Waals surface area contributed by atoms with Crippen molar-refractivity contribution in [3.8, 4) is 0 Å². The Morgan fingerprint density at radius 2 is 1.77 bits per heavy atom. The van der Waals surface area contributed by atoms with Crippen LogP contribution < -0.4 is 0 Å². The second-order valence-corrected chi connectivity index (χ2v) is 9.58. The van der Waals surface area contributed by atoms with E-state index in [1.165, 1.54) is 16.1 Å². The molecule has 0 aliphatic carbocycles. The molecule has 1 aliphatic rings. The molecule has 2 aromatic carbocycles. The van der Waals surface area contributed by atoms with Crippen molar-refractivity contribution in [2.45, 2.75) is 44.2 Å². The Morgan fingerprint density at radius 1 is 1.12 bits per heavy atom. The molecule has 1 aliphatic heterocycles. The summed E-state index contributed by atoms with van der Waals surface area (Å²) in [7, 11) is -3.64. The lowest BCUT2D eigenvalue weighted by atomic mass is 10.1. The maximum Gasteiger partial charge on any atom is 0.266 e. The van der Waals surface area contributed by atoms with Gasteiger partial charge >= 0.3 is 0 Å². The monoisotopic (exact) mass is 388 g/mol. The molecule has 1 unspecified atom stereocenters. The normalized spacial score (nSPS) is 19.5. The van der Waals surface area contributed by atoms with Gasteiger partial charge in [-0.3, -0.25) is 4.99 Å². The van der Waals surface area contributed by atoms with Gasteiger partial charge in [0.2, 0.25) is 0 Å². The van der Waals surface area contributed by atoms with Gasteiger partial charge in [-0.2, -0.15) is 0 Å². The van der Waals surface area contributed by atoms with Crippen LogP contribution in [0.5, 0.6) is 0 Å². The lowest BCUT2D eigenvalue weighted by molar-refractivity contribution is 0.462. The van der Waals surface area contributed by atoms with Crippen LogP contribution in [0, 0.1) is 6.92 Å². The molecular formula is C20H24N2O2S2. The summed E-state index contributed by atoms with van der Waals surface area (Å²) in [6, 6.07) is 17.0. The first kappa shape index (κ1) is 19.0. The Balaban J connectivity index is 1.99. The number of aliphatic imine (C=N–C) groups is 1. The van der Waals surface area contributed by atoms with Gasteiger partial charge in [-0.25, -0.2) is 12.7 Å².